The van der Waals surface area contributed by atoms with Crippen molar-refractivity contribution in [3.05, 3.63) is 18.4 Å². The summed E-state index contributed by atoms with van der Waals surface area (Å²) in [5, 5.41) is 0. The van der Waals surface area contributed by atoms with E-state index in [4.69, 9.17) is 4.42 Å². The molecule has 2 heteroatoms. The van der Waals surface area contributed by atoms with Crippen LogP contribution in [-0.4, -0.2) is 4.98 Å². The van der Waals surface area contributed by atoms with Crippen molar-refractivity contribution >= 4 is 0 Å². The molecule has 0 saturated heterocycles. The Bertz CT molecular complexity index is 194. The van der Waals surface area contributed by atoms with Crippen LogP contribution < -0.4 is 0 Å². The highest BCUT2D eigenvalue weighted by atomic mass is 16.3. The van der Waals surface area contributed by atoms with Crippen LogP contribution in [0.2, 0.25) is 0 Å². The topological polar surface area (TPSA) is 26.0 Å². The van der Waals surface area contributed by atoms with Gasteiger partial charge in [-0.2, -0.15) is 0 Å². The Hall–Kier alpha value is -0.790. The van der Waals surface area contributed by atoms with Crippen LogP contribution in [0.5, 0.6) is 0 Å². The molecular formula is C10H17NO. The molecule has 1 rings (SSSR count). The first-order chi connectivity index (χ1) is 5.86. The minimum atomic E-state index is 0.744. The number of rotatable bonds is 5. The summed E-state index contributed by atoms with van der Waals surface area (Å²) in [6.07, 6.45) is 8.10. The zero-order valence-electron chi connectivity index (χ0n) is 7.92. The monoisotopic (exact) mass is 167 g/mol. The summed E-state index contributed by atoms with van der Waals surface area (Å²) in [6.45, 7) is 4.45. The zero-order valence-corrected chi connectivity index (χ0v) is 7.92. The summed E-state index contributed by atoms with van der Waals surface area (Å²) >= 11 is 0. The van der Waals surface area contributed by atoms with Gasteiger partial charge in [0.05, 0.1) is 6.20 Å². The molecule has 1 atom stereocenters. The van der Waals surface area contributed by atoms with Crippen LogP contribution in [0.15, 0.2) is 16.9 Å². The molecule has 0 saturated carbocycles. The standard InChI is InChI=1S/C10H17NO/c1-3-5-9(4-2)8-10-11-6-7-12-10/h6-7,9H,3-5,8H2,1-2H3. The lowest BCUT2D eigenvalue weighted by Crippen LogP contribution is -2.02. The predicted octanol–water partition coefficient (Wildman–Crippen LogP) is 3.04. The molecule has 68 valence electrons. The molecular weight excluding hydrogens is 150 g/mol. The molecule has 0 fully saturated rings. The van der Waals surface area contributed by atoms with Crippen molar-refractivity contribution in [2.75, 3.05) is 0 Å². The van der Waals surface area contributed by atoms with Gasteiger partial charge >= 0.3 is 0 Å². The summed E-state index contributed by atoms with van der Waals surface area (Å²) in [4.78, 5) is 4.12. The SMILES string of the molecule is CCCC(CC)Cc1ncco1. The first kappa shape index (κ1) is 9.30. The van der Waals surface area contributed by atoms with Gasteiger partial charge in [-0.25, -0.2) is 4.98 Å². The lowest BCUT2D eigenvalue weighted by molar-refractivity contribution is 0.396. The first-order valence-corrected chi connectivity index (χ1v) is 4.75. The predicted molar refractivity (Wildman–Crippen MR) is 48.9 cm³/mol. The Morgan fingerprint density at radius 1 is 1.50 bits per heavy atom. The van der Waals surface area contributed by atoms with Gasteiger partial charge in [0.15, 0.2) is 5.89 Å². The highest BCUT2D eigenvalue weighted by Crippen LogP contribution is 2.15. The maximum Gasteiger partial charge on any atom is 0.194 e. The van der Waals surface area contributed by atoms with Crippen molar-refractivity contribution < 1.29 is 4.42 Å². The van der Waals surface area contributed by atoms with Gasteiger partial charge in [-0.3, -0.25) is 0 Å². The van der Waals surface area contributed by atoms with E-state index in [9.17, 15) is 0 Å². The fourth-order valence-electron chi connectivity index (χ4n) is 1.46. The first-order valence-electron chi connectivity index (χ1n) is 4.75. The van der Waals surface area contributed by atoms with Crippen LogP contribution in [0.3, 0.4) is 0 Å². The number of nitrogens with zero attached hydrogens (tertiary/aromatic N) is 1. The second-order valence-electron chi connectivity index (χ2n) is 3.19. The molecule has 2 nitrogen and oxygen atoms in total. The lowest BCUT2D eigenvalue weighted by Gasteiger charge is -2.10. The van der Waals surface area contributed by atoms with Crippen molar-refractivity contribution in [2.24, 2.45) is 5.92 Å². The van der Waals surface area contributed by atoms with Crippen molar-refractivity contribution in [1.29, 1.82) is 0 Å². The minimum Gasteiger partial charge on any atom is -0.449 e. The van der Waals surface area contributed by atoms with E-state index in [0.29, 0.717) is 0 Å². The molecule has 0 spiro atoms. The van der Waals surface area contributed by atoms with Gasteiger partial charge in [-0.05, 0) is 5.92 Å². The van der Waals surface area contributed by atoms with E-state index in [1.807, 2.05) is 0 Å². The number of hydrogen-bond donors (Lipinski definition) is 0. The van der Waals surface area contributed by atoms with Gasteiger partial charge in [0.1, 0.15) is 6.26 Å². The van der Waals surface area contributed by atoms with E-state index in [1.54, 1.807) is 12.5 Å². The third-order valence-electron chi connectivity index (χ3n) is 2.22. The van der Waals surface area contributed by atoms with Crippen molar-refractivity contribution in [3.63, 3.8) is 0 Å². The fourth-order valence-corrected chi connectivity index (χ4v) is 1.46. The number of aromatic nitrogens is 1. The fraction of sp³-hybridized carbons (Fsp3) is 0.700. The summed E-state index contributed by atoms with van der Waals surface area (Å²) in [6, 6.07) is 0. The molecule has 0 aliphatic heterocycles. The van der Waals surface area contributed by atoms with Crippen LogP contribution in [0.1, 0.15) is 39.0 Å². The highest BCUT2D eigenvalue weighted by Gasteiger charge is 2.08. The van der Waals surface area contributed by atoms with Crippen molar-refractivity contribution in [2.45, 2.75) is 39.5 Å². The molecule has 0 radical (unpaired) electrons. The maximum atomic E-state index is 5.20. The summed E-state index contributed by atoms with van der Waals surface area (Å²) < 4.78 is 5.20. The minimum absolute atomic E-state index is 0.744. The average molecular weight is 167 g/mol. The van der Waals surface area contributed by atoms with Gasteiger partial charge in [0, 0.05) is 6.42 Å². The van der Waals surface area contributed by atoms with Gasteiger partial charge in [0.25, 0.3) is 0 Å². The van der Waals surface area contributed by atoms with E-state index in [0.717, 1.165) is 18.2 Å². The Kier molecular flexibility index (Phi) is 3.85. The van der Waals surface area contributed by atoms with Crippen LogP contribution in [0, 0.1) is 5.92 Å². The molecule has 1 unspecified atom stereocenters. The molecule has 0 aromatic carbocycles. The van der Waals surface area contributed by atoms with E-state index >= 15 is 0 Å². The summed E-state index contributed by atoms with van der Waals surface area (Å²) in [7, 11) is 0. The molecule has 0 amide bonds. The normalized spacial score (nSPS) is 13.2. The van der Waals surface area contributed by atoms with E-state index < -0.39 is 0 Å². The Morgan fingerprint density at radius 3 is 2.83 bits per heavy atom. The van der Waals surface area contributed by atoms with Gasteiger partial charge in [-0.15, -0.1) is 0 Å². The third kappa shape index (κ3) is 2.68. The van der Waals surface area contributed by atoms with Crippen LogP contribution in [0.4, 0.5) is 0 Å². The lowest BCUT2D eigenvalue weighted by atomic mass is 9.97. The summed E-state index contributed by atoms with van der Waals surface area (Å²) in [5.41, 5.74) is 0. The van der Waals surface area contributed by atoms with Gasteiger partial charge in [-0.1, -0.05) is 33.1 Å². The van der Waals surface area contributed by atoms with Crippen molar-refractivity contribution in [3.8, 4) is 0 Å². The quantitative estimate of drug-likeness (QED) is 0.673. The van der Waals surface area contributed by atoms with Gasteiger partial charge < -0.3 is 4.42 Å². The molecule has 0 aliphatic carbocycles. The van der Waals surface area contributed by atoms with Gasteiger partial charge in [0.2, 0.25) is 0 Å². The molecule has 0 aliphatic rings. The summed E-state index contributed by atoms with van der Waals surface area (Å²) in [5.74, 6) is 1.63. The Labute approximate surface area is 74.0 Å². The molecule has 1 aromatic heterocycles. The largest absolute Gasteiger partial charge is 0.449 e. The number of hydrogen-bond acceptors (Lipinski definition) is 2. The van der Waals surface area contributed by atoms with Crippen molar-refractivity contribution in [1.82, 2.24) is 4.98 Å². The van der Waals surface area contributed by atoms with Crippen LogP contribution in [-0.2, 0) is 6.42 Å². The molecule has 0 bridgehead atoms. The Balaban J connectivity index is 2.37. The van der Waals surface area contributed by atoms with Crippen LogP contribution >= 0.6 is 0 Å². The smallest absolute Gasteiger partial charge is 0.194 e. The zero-order chi connectivity index (χ0) is 8.81. The Morgan fingerprint density at radius 2 is 2.33 bits per heavy atom. The van der Waals surface area contributed by atoms with E-state index in [2.05, 4.69) is 18.8 Å². The van der Waals surface area contributed by atoms with E-state index in [-0.39, 0.29) is 0 Å². The maximum absolute atomic E-state index is 5.20. The third-order valence-corrected chi connectivity index (χ3v) is 2.22. The van der Waals surface area contributed by atoms with E-state index in [1.165, 1.54) is 19.3 Å². The second-order valence-corrected chi connectivity index (χ2v) is 3.19. The molecule has 1 heterocycles. The second kappa shape index (κ2) is 4.96. The molecule has 1 aromatic rings. The van der Waals surface area contributed by atoms with Crippen LogP contribution in [0.25, 0.3) is 0 Å². The molecule has 0 N–H and O–H groups in total. The average Bonchev–Trinajstić information content (AvgIpc) is 2.56. The molecule has 12 heavy (non-hydrogen) atoms. The highest BCUT2D eigenvalue weighted by molar-refractivity contribution is 4.82. The number of oxazole rings is 1.